The number of hydrogen-bond acceptors (Lipinski definition) is 1. The third-order valence-electron chi connectivity index (χ3n) is 2.97. The first kappa shape index (κ1) is 18.0. The van der Waals surface area contributed by atoms with Crippen LogP contribution < -0.4 is 11.5 Å². The zero-order valence-electron chi connectivity index (χ0n) is 11.7. The van der Waals surface area contributed by atoms with Gasteiger partial charge in [-0.25, -0.2) is 0 Å². The highest BCUT2D eigenvalue weighted by Crippen LogP contribution is 2.58. The van der Waals surface area contributed by atoms with Gasteiger partial charge in [-0.15, -0.1) is 12.8 Å². The van der Waals surface area contributed by atoms with Crippen LogP contribution in [0.5, 0.6) is 0 Å². The number of nitrogens with zero attached hydrogens (tertiary/aromatic N) is 1. The molecule has 0 spiro atoms. The minimum Gasteiger partial charge on any atom is -0.370 e. The van der Waals surface area contributed by atoms with Crippen LogP contribution in [0.25, 0.3) is 0 Å². The number of rotatable bonds is 2. The molecule has 1 saturated carbocycles. The highest BCUT2D eigenvalue weighted by atomic mass is 35.5. The topological polar surface area (TPSA) is 81.5 Å². The minimum atomic E-state index is -0.204. The Morgan fingerprint density at radius 2 is 2.00 bits per heavy atom. The molecule has 1 amide bonds. The van der Waals surface area contributed by atoms with Gasteiger partial charge >= 0.3 is 0 Å². The van der Waals surface area contributed by atoms with Gasteiger partial charge in [0.2, 0.25) is 6.41 Å². The van der Waals surface area contributed by atoms with E-state index in [0.29, 0.717) is 5.41 Å². The molecule has 1 fully saturated rings. The number of nitrogens with two attached hydrogens (primary N) is 2. The van der Waals surface area contributed by atoms with Crippen molar-refractivity contribution in [1.29, 1.82) is 0 Å². The van der Waals surface area contributed by atoms with Gasteiger partial charge < -0.3 is 11.5 Å². The van der Waals surface area contributed by atoms with Crippen molar-refractivity contribution < 1.29 is 4.79 Å². The Morgan fingerprint density at radius 1 is 1.45 bits per heavy atom. The smallest absolute Gasteiger partial charge is 0.236 e. The molecule has 108 valence electrons. The molecule has 0 unspecified atom stereocenters. The lowest BCUT2D eigenvalue weighted by atomic mass is 10.0. The molecule has 1 aromatic carbocycles. The van der Waals surface area contributed by atoms with E-state index < -0.39 is 0 Å². The van der Waals surface area contributed by atoms with E-state index in [1.165, 1.54) is 12.0 Å². The van der Waals surface area contributed by atoms with Gasteiger partial charge in [0.15, 0.2) is 5.96 Å². The Bertz CT molecular complexity index is 491. The number of carbonyl (C=O) groups excluding carboxylic acids is 1. The maximum atomic E-state index is 9.27. The predicted octanol–water partition coefficient (Wildman–Crippen LogP) is 2.52. The van der Waals surface area contributed by atoms with Crippen LogP contribution in [0.1, 0.15) is 31.7 Å². The first-order valence-corrected chi connectivity index (χ1v) is 6.36. The Kier molecular flexibility index (Phi) is 7.42. The van der Waals surface area contributed by atoms with Crippen LogP contribution in [0.2, 0.25) is 5.02 Å². The van der Waals surface area contributed by atoms with E-state index in [1.807, 2.05) is 12.1 Å². The van der Waals surface area contributed by atoms with Crippen LogP contribution in [-0.2, 0) is 4.79 Å². The summed E-state index contributed by atoms with van der Waals surface area (Å²) in [7, 11) is 0. The number of aliphatic imine (C=N–C) groups is 1. The molecule has 20 heavy (non-hydrogen) atoms. The summed E-state index contributed by atoms with van der Waals surface area (Å²) >= 11 is 5.91. The van der Waals surface area contributed by atoms with Gasteiger partial charge in [-0.2, -0.15) is 4.99 Å². The van der Waals surface area contributed by atoms with Gasteiger partial charge in [0.1, 0.15) is 0 Å². The zero-order valence-corrected chi connectivity index (χ0v) is 12.5. The highest BCUT2D eigenvalue weighted by Gasteiger charge is 2.46. The summed E-state index contributed by atoms with van der Waals surface area (Å²) in [6.45, 7) is 4.61. The molecular weight excluding hydrogens is 274 g/mol. The fourth-order valence-corrected chi connectivity index (χ4v) is 2.02. The van der Waals surface area contributed by atoms with E-state index in [2.05, 4.69) is 43.8 Å². The second-order valence-electron chi connectivity index (χ2n) is 4.96. The van der Waals surface area contributed by atoms with Gasteiger partial charge in [0, 0.05) is 5.02 Å². The summed E-state index contributed by atoms with van der Waals surface area (Å²) in [5.74, 6) is 0.529. The number of halogens is 1. The van der Waals surface area contributed by atoms with Crippen LogP contribution in [0, 0.1) is 18.3 Å². The molecule has 4 N–H and O–H groups in total. The fraction of sp³-hybridized carbons (Fsp3) is 0.333. The van der Waals surface area contributed by atoms with Crippen LogP contribution in [0.4, 0.5) is 0 Å². The Balaban J connectivity index is 0.000000387. The SMILES string of the molecule is C#C.CC1(C)C[C@H]1c1cccc(Cl)c1.NC(N)=NC=O. The molecule has 1 aliphatic carbocycles. The quantitative estimate of drug-likeness (QED) is 0.380. The average molecular weight is 294 g/mol. The molecule has 1 atom stereocenters. The molecule has 1 aromatic rings. The molecule has 1 aliphatic rings. The van der Waals surface area contributed by atoms with E-state index in [1.54, 1.807) is 0 Å². The van der Waals surface area contributed by atoms with Gasteiger partial charge in [-0.1, -0.05) is 37.6 Å². The standard InChI is InChI=1S/C11H13Cl.C2H5N3O.C2H2/c1-11(2)7-10(11)8-4-3-5-9(12)6-8;3-2(4)5-1-6;1-2/h3-6,10H,7H2,1-2H3;1H,(H4,3,4,5,6);1-2H/t10-;;/m0../s1. The van der Waals surface area contributed by atoms with Crippen molar-refractivity contribution in [1.82, 2.24) is 0 Å². The summed E-state index contributed by atoms with van der Waals surface area (Å²) in [6, 6.07) is 8.22. The minimum absolute atomic E-state index is 0.204. The lowest BCUT2D eigenvalue weighted by Gasteiger charge is -2.03. The first-order chi connectivity index (χ1) is 9.36. The molecule has 2 rings (SSSR count). The van der Waals surface area contributed by atoms with E-state index in [9.17, 15) is 4.79 Å². The maximum absolute atomic E-state index is 9.27. The predicted molar refractivity (Wildman–Crippen MR) is 84.4 cm³/mol. The van der Waals surface area contributed by atoms with Crippen LogP contribution in [0.3, 0.4) is 0 Å². The number of terminal acetylenes is 1. The van der Waals surface area contributed by atoms with Crippen molar-refractivity contribution in [3.05, 3.63) is 34.9 Å². The summed E-state index contributed by atoms with van der Waals surface area (Å²) in [4.78, 5) is 12.2. The zero-order chi connectivity index (χ0) is 15.8. The number of carbonyl (C=O) groups is 1. The third kappa shape index (κ3) is 6.26. The molecule has 5 heteroatoms. The first-order valence-electron chi connectivity index (χ1n) is 5.98. The Morgan fingerprint density at radius 3 is 2.30 bits per heavy atom. The van der Waals surface area contributed by atoms with Crippen molar-refractivity contribution in [3.63, 3.8) is 0 Å². The molecular formula is C15H20ClN3O. The maximum Gasteiger partial charge on any atom is 0.236 e. The van der Waals surface area contributed by atoms with Gasteiger partial charge in [-0.05, 0) is 35.4 Å². The van der Waals surface area contributed by atoms with E-state index in [4.69, 9.17) is 23.1 Å². The lowest BCUT2D eigenvalue weighted by Crippen LogP contribution is -2.22. The largest absolute Gasteiger partial charge is 0.370 e. The second-order valence-corrected chi connectivity index (χ2v) is 5.40. The van der Waals surface area contributed by atoms with Crippen molar-refractivity contribution in [2.45, 2.75) is 26.2 Å². The monoisotopic (exact) mass is 293 g/mol. The van der Waals surface area contributed by atoms with Gasteiger partial charge in [-0.3, -0.25) is 4.79 Å². The number of guanidine groups is 1. The van der Waals surface area contributed by atoms with Crippen LogP contribution in [-0.4, -0.2) is 12.4 Å². The molecule has 0 radical (unpaired) electrons. The summed E-state index contributed by atoms with van der Waals surface area (Å²) < 4.78 is 0. The Hall–Kier alpha value is -1.99. The van der Waals surface area contributed by atoms with Crippen molar-refractivity contribution in [2.24, 2.45) is 21.9 Å². The normalized spacial score (nSPS) is 17.4. The summed E-state index contributed by atoms with van der Waals surface area (Å²) in [5.41, 5.74) is 11.3. The van der Waals surface area contributed by atoms with E-state index >= 15 is 0 Å². The molecule has 0 aromatic heterocycles. The Labute approximate surface area is 125 Å². The van der Waals surface area contributed by atoms with Crippen molar-refractivity contribution in [2.75, 3.05) is 0 Å². The van der Waals surface area contributed by atoms with E-state index in [0.717, 1.165) is 10.9 Å². The van der Waals surface area contributed by atoms with Crippen molar-refractivity contribution in [3.8, 4) is 12.8 Å². The summed E-state index contributed by atoms with van der Waals surface area (Å²) in [6.07, 6.45) is 9.59. The number of hydrogen-bond donors (Lipinski definition) is 2. The average Bonchev–Trinajstić information content (AvgIpc) is 3.02. The van der Waals surface area contributed by atoms with Crippen LogP contribution >= 0.6 is 11.6 Å². The molecule has 0 bridgehead atoms. The van der Waals surface area contributed by atoms with Gasteiger partial charge in [0.05, 0.1) is 0 Å². The third-order valence-corrected chi connectivity index (χ3v) is 3.20. The molecule has 4 nitrogen and oxygen atoms in total. The second kappa shape index (κ2) is 8.23. The van der Waals surface area contributed by atoms with E-state index in [-0.39, 0.29) is 12.4 Å². The molecule has 0 saturated heterocycles. The highest BCUT2D eigenvalue weighted by molar-refractivity contribution is 6.30. The fourth-order valence-electron chi connectivity index (χ4n) is 1.82. The number of benzene rings is 1. The summed E-state index contributed by atoms with van der Waals surface area (Å²) in [5, 5.41) is 0.857. The van der Waals surface area contributed by atoms with Crippen LogP contribution in [0.15, 0.2) is 29.3 Å². The molecule has 0 aliphatic heterocycles. The molecule has 0 heterocycles. The van der Waals surface area contributed by atoms with Gasteiger partial charge in [0.25, 0.3) is 0 Å². The number of amides is 1. The lowest BCUT2D eigenvalue weighted by molar-refractivity contribution is -0.106. The van der Waals surface area contributed by atoms with Crippen molar-refractivity contribution >= 4 is 24.0 Å².